The molecule has 2 aromatic heterocycles. The highest BCUT2D eigenvalue weighted by Crippen LogP contribution is 2.11. The summed E-state index contributed by atoms with van der Waals surface area (Å²) in [5.74, 6) is -0.305. The van der Waals surface area contributed by atoms with Crippen molar-refractivity contribution in [3.63, 3.8) is 0 Å². The van der Waals surface area contributed by atoms with Crippen LogP contribution in [0.2, 0.25) is 0 Å². The predicted molar refractivity (Wildman–Crippen MR) is 86.5 cm³/mol. The van der Waals surface area contributed by atoms with Crippen LogP contribution >= 0.6 is 0 Å². The van der Waals surface area contributed by atoms with E-state index in [1.54, 1.807) is 23.2 Å². The van der Waals surface area contributed by atoms with Crippen LogP contribution in [-0.4, -0.2) is 40.1 Å². The number of carbonyl (C=O) groups excluding carboxylic acids is 1. The van der Waals surface area contributed by atoms with Crippen LogP contribution in [-0.2, 0) is 17.9 Å². The zero-order valence-corrected chi connectivity index (χ0v) is 13.3. The van der Waals surface area contributed by atoms with Gasteiger partial charge < -0.3 is 10.2 Å². The van der Waals surface area contributed by atoms with E-state index in [0.29, 0.717) is 23.3 Å². The number of amides is 1. The van der Waals surface area contributed by atoms with Crippen LogP contribution in [0.15, 0.2) is 39.9 Å². The van der Waals surface area contributed by atoms with Gasteiger partial charge in [-0.15, -0.1) is 0 Å². The summed E-state index contributed by atoms with van der Waals surface area (Å²) in [5, 5.41) is 14.2. The van der Waals surface area contributed by atoms with Crippen molar-refractivity contribution in [1.29, 1.82) is 0 Å². The third kappa shape index (κ3) is 3.40. The van der Waals surface area contributed by atoms with Gasteiger partial charge in [-0.25, -0.2) is 9.31 Å². The number of benzene rings is 1. The van der Waals surface area contributed by atoms with Crippen LogP contribution in [0.4, 0.5) is 5.69 Å². The molecule has 0 radical (unpaired) electrons. The summed E-state index contributed by atoms with van der Waals surface area (Å²) < 4.78 is 5.75. The van der Waals surface area contributed by atoms with Gasteiger partial charge in [-0.05, 0) is 28.0 Å². The Balaban J connectivity index is 1.62. The molecule has 24 heavy (non-hydrogen) atoms. The maximum atomic E-state index is 12.0. The molecule has 9 heteroatoms. The summed E-state index contributed by atoms with van der Waals surface area (Å²) >= 11 is 0. The van der Waals surface area contributed by atoms with Crippen molar-refractivity contribution >= 4 is 22.6 Å². The highest BCUT2D eigenvalue weighted by molar-refractivity contribution is 5.76. The maximum Gasteiger partial charge on any atom is 0.269 e. The first-order chi connectivity index (χ1) is 11.5. The number of hydrogen-bond acceptors (Lipinski definition) is 7. The van der Waals surface area contributed by atoms with Gasteiger partial charge >= 0.3 is 0 Å². The van der Waals surface area contributed by atoms with Crippen LogP contribution in [0.5, 0.6) is 0 Å². The molecule has 1 N–H and O–H groups in total. The third-order valence-electron chi connectivity index (χ3n) is 3.47. The van der Waals surface area contributed by atoms with E-state index in [4.69, 9.17) is 0 Å². The minimum Gasteiger partial charge on any atom is -0.376 e. The Kier molecular flexibility index (Phi) is 4.23. The van der Waals surface area contributed by atoms with E-state index >= 15 is 0 Å². The number of rotatable bonds is 5. The second-order valence-electron chi connectivity index (χ2n) is 5.47. The number of hydrogen-bond donors (Lipinski definition) is 1. The van der Waals surface area contributed by atoms with Crippen LogP contribution in [0, 0.1) is 0 Å². The van der Waals surface area contributed by atoms with Gasteiger partial charge in [-0.2, -0.15) is 5.10 Å². The number of carbonyl (C=O) groups is 1. The van der Waals surface area contributed by atoms with Gasteiger partial charge in [0.05, 0.1) is 11.9 Å². The predicted octanol–water partition coefficient (Wildman–Crippen LogP) is 0.162. The monoisotopic (exact) mass is 328 g/mol. The highest BCUT2D eigenvalue weighted by atomic mass is 16.6. The van der Waals surface area contributed by atoms with E-state index in [2.05, 4.69) is 25.4 Å². The molecule has 3 rings (SSSR count). The quantitative estimate of drug-likeness (QED) is 0.711. The molecule has 3 aromatic rings. The van der Waals surface area contributed by atoms with Crippen LogP contribution in [0.25, 0.3) is 11.0 Å². The molecule has 9 nitrogen and oxygen atoms in total. The summed E-state index contributed by atoms with van der Waals surface area (Å²) in [6, 6.07) is 6.80. The van der Waals surface area contributed by atoms with Gasteiger partial charge in [0.1, 0.15) is 17.6 Å². The first-order valence-corrected chi connectivity index (χ1v) is 7.25. The third-order valence-corrected chi connectivity index (χ3v) is 3.47. The maximum absolute atomic E-state index is 12.0. The van der Waals surface area contributed by atoms with Gasteiger partial charge in [-0.3, -0.25) is 9.59 Å². The van der Waals surface area contributed by atoms with Crippen LogP contribution < -0.4 is 15.8 Å². The molecule has 1 amide bonds. The molecule has 2 heterocycles. The van der Waals surface area contributed by atoms with E-state index in [9.17, 15) is 9.59 Å². The fourth-order valence-corrected chi connectivity index (χ4v) is 2.12. The van der Waals surface area contributed by atoms with E-state index in [-0.39, 0.29) is 18.0 Å². The molecule has 0 saturated carbocycles. The minimum atomic E-state index is -0.327. The van der Waals surface area contributed by atoms with Crippen molar-refractivity contribution in [3.05, 3.63) is 46.4 Å². The molecular formula is C15H16N6O3. The van der Waals surface area contributed by atoms with Gasteiger partial charge in [0, 0.05) is 26.7 Å². The minimum absolute atomic E-state index is 0.139. The zero-order chi connectivity index (χ0) is 17.1. The molecule has 0 aliphatic heterocycles. The van der Waals surface area contributed by atoms with Gasteiger partial charge in [0.25, 0.3) is 5.56 Å². The lowest BCUT2D eigenvalue weighted by Gasteiger charge is -2.12. The largest absolute Gasteiger partial charge is 0.376 e. The fraction of sp³-hybridized carbons (Fsp3) is 0.267. The van der Waals surface area contributed by atoms with Crippen molar-refractivity contribution in [3.8, 4) is 0 Å². The molecule has 0 fully saturated rings. The van der Waals surface area contributed by atoms with Crippen molar-refractivity contribution in [1.82, 2.24) is 25.4 Å². The summed E-state index contributed by atoms with van der Waals surface area (Å²) in [6.07, 6.45) is 1.54. The summed E-state index contributed by atoms with van der Waals surface area (Å²) in [6.45, 7) is 0.173. The van der Waals surface area contributed by atoms with Crippen LogP contribution in [0.3, 0.4) is 0 Å². The van der Waals surface area contributed by atoms with Gasteiger partial charge in [-0.1, -0.05) is 6.07 Å². The molecule has 1 aromatic carbocycles. The topological polar surface area (TPSA) is 106 Å². The Morgan fingerprint density at radius 1 is 1.25 bits per heavy atom. The molecule has 0 spiro atoms. The average Bonchev–Trinajstić information content (AvgIpc) is 3.02. The average molecular weight is 328 g/mol. The number of aromatic nitrogens is 4. The van der Waals surface area contributed by atoms with E-state index in [1.165, 1.54) is 6.07 Å². The SMILES string of the molecule is CN(C)c1cnn(CC(=O)NCc2ccc3nonc3c2)c(=O)c1. The van der Waals surface area contributed by atoms with Crippen molar-refractivity contribution in [2.45, 2.75) is 13.1 Å². The normalized spacial score (nSPS) is 10.8. The van der Waals surface area contributed by atoms with Crippen molar-refractivity contribution < 1.29 is 9.42 Å². The highest BCUT2D eigenvalue weighted by Gasteiger charge is 2.08. The first kappa shape index (κ1) is 15.7. The molecule has 0 bridgehead atoms. The molecule has 0 saturated heterocycles. The molecule has 0 unspecified atom stereocenters. The van der Waals surface area contributed by atoms with Crippen molar-refractivity contribution in [2.75, 3.05) is 19.0 Å². The standard InChI is InChI=1S/C15H16N6O3/c1-20(2)11-6-15(23)21(17-8-11)9-14(22)16-7-10-3-4-12-13(5-10)19-24-18-12/h3-6,8H,7,9H2,1-2H3,(H,16,22). The Hall–Kier alpha value is -3.23. The summed E-state index contributed by atoms with van der Waals surface area (Å²) in [5.41, 5.74) is 2.49. The van der Waals surface area contributed by atoms with Crippen molar-refractivity contribution in [2.24, 2.45) is 0 Å². The smallest absolute Gasteiger partial charge is 0.269 e. The second-order valence-corrected chi connectivity index (χ2v) is 5.47. The van der Waals surface area contributed by atoms with E-state index < -0.39 is 0 Å². The number of fused-ring (bicyclic) bond motifs is 1. The second kappa shape index (κ2) is 6.49. The van der Waals surface area contributed by atoms with Crippen LogP contribution in [0.1, 0.15) is 5.56 Å². The lowest BCUT2D eigenvalue weighted by atomic mass is 10.2. The number of nitrogens with one attached hydrogen (secondary N) is 1. The van der Waals surface area contributed by atoms with Gasteiger partial charge in [0.2, 0.25) is 5.91 Å². The first-order valence-electron chi connectivity index (χ1n) is 7.25. The lowest BCUT2D eigenvalue weighted by Crippen LogP contribution is -2.33. The number of nitrogens with zero attached hydrogens (tertiary/aromatic N) is 5. The Bertz CT molecular complexity index is 930. The Morgan fingerprint density at radius 2 is 2.04 bits per heavy atom. The summed E-state index contributed by atoms with van der Waals surface area (Å²) in [7, 11) is 3.63. The molecule has 0 aliphatic rings. The lowest BCUT2D eigenvalue weighted by molar-refractivity contribution is -0.122. The zero-order valence-electron chi connectivity index (χ0n) is 13.3. The molecule has 124 valence electrons. The fourth-order valence-electron chi connectivity index (χ4n) is 2.12. The summed E-state index contributed by atoms with van der Waals surface area (Å²) in [4.78, 5) is 25.7. The Labute approximate surface area is 136 Å². The number of anilines is 1. The molecule has 0 aliphatic carbocycles. The van der Waals surface area contributed by atoms with Gasteiger partial charge in [0.15, 0.2) is 0 Å². The Morgan fingerprint density at radius 3 is 2.79 bits per heavy atom. The van der Waals surface area contributed by atoms with E-state index in [1.807, 2.05) is 20.2 Å². The molecular weight excluding hydrogens is 312 g/mol. The van der Waals surface area contributed by atoms with E-state index in [0.717, 1.165) is 10.2 Å². The molecule has 0 atom stereocenters.